The van der Waals surface area contributed by atoms with Gasteiger partial charge in [-0.2, -0.15) is 0 Å². The quantitative estimate of drug-likeness (QED) is 0.307. The van der Waals surface area contributed by atoms with Crippen LogP contribution in [0.15, 0.2) is 76.9 Å². The standard InChI is InChI=1S/C28H27Cl2N3O4S/c1-16-24(27(34)32-19-8-6-5-7-9-19)25(18-13-22(35-2)26(37-4)23(14-18)36-3)33-28(31-16)38-15-17-10-11-20(29)21(30)12-17/h5-14,25H,15H2,1-4H3,(H,31,33)(H,32,34)/t25-/m0/s1. The molecule has 1 amide bonds. The molecule has 0 unspecified atom stereocenters. The summed E-state index contributed by atoms with van der Waals surface area (Å²) in [4.78, 5) is 18.5. The van der Waals surface area contributed by atoms with Crippen molar-refractivity contribution in [3.8, 4) is 17.2 Å². The topological polar surface area (TPSA) is 81.2 Å². The highest BCUT2D eigenvalue weighted by molar-refractivity contribution is 8.13. The first kappa shape index (κ1) is 27.7. The van der Waals surface area contributed by atoms with Gasteiger partial charge in [0, 0.05) is 17.1 Å². The van der Waals surface area contributed by atoms with E-state index in [0.29, 0.717) is 60.7 Å². The number of ether oxygens (including phenoxy) is 3. The van der Waals surface area contributed by atoms with Crippen molar-refractivity contribution >= 4 is 51.7 Å². The number of halogens is 2. The van der Waals surface area contributed by atoms with Gasteiger partial charge in [0.2, 0.25) is 5.75 Å². The molecule has 0 aromatic heterocycles. The monoisotopic (exact) mass is 571 g/mol. The molecule has 7 nitrogen and oxygen atoms in total. The van der Waals surface area contributed by atoms with Crippen molar-refractivity contribution < 1.29 is 19.0 Å². The second-order valence-corrected chi connectivity index (χ2v) is 10.1. The fourth-order valence-electron chi connectivity index (χ4n) is 4.02. The number of carbonyl (C=O) groups is 1. The van der Waals surface area contributed by atoms with Gasteiger partial charge in [0.1, 0.15) is 6.04 Å². The second-order valence-electron chi connectivity index (χ2n) is 8.32. The van der Waals surface area contributed by atoms with E-state index in [1.54, 1.807) is 27.4 Å². The third kappa shape index (κ3) is 6.20. The first-order chi connectivity index (χ1) is 18.3. The van der Waals surface area contributed by atoms with Crippen LogP contribution in [0.1, 0.15) is 24.1 Å². The molecule has 3 aromatic carbocycles. The molecule has 0 aliphatic carbocycles. The Kier molecular flexibility index (Phi) is 9.09. The summed E-state index contributed by atoms with van der Waals surface area (Å²) in [5.74, 6) is 1.74. The van der Waals surface area contributed by atoms with Crippen LogP contribution in [0.2, 0.25) is 10.0 Å². The number of aliphatic imine (C=N–C) groups is 1. The van der Waals surface area contributed by atoms with Gasteiger partial charge in [-0.25, -0.2) is 4.99 Å². The van der Waals surface area contributed by atoms with Crippen LogP contribution in [0.5, 0.6) is 17.2 Å². The van der Waals surface area contributed by atoms with Crippen molar-refractivity contribution in [1.82, 2.24) is 5.32 Å². The van der Waals surface area contributed by atoms with Gasteiger partial charge in [-0.1, -0.05) is 59.2 Å². The zero-order valence-electron chi connectivity index (χ0n) is 21.3. The molecule has 0 fully saturated rings. The molecule has 1 aliphatic rings. The van der Waals surface area contributed by atoms with Crippen molar-refractivity contribution in [2.75, 3.05) is 26.6 Å². The summed E-state index contributed by atoms with van der Waals surface area (Å²) >= 11 is 13.7. The molecule has 0 spiro atoms. The highest BCUT2D eigenvalue weighted by atomic mass is 35.5. The Hall–Kier alpha value is -3.33. The molecule has 0 saturated carbocycles. The largest absolute Gasteiger partial charge is 0.493 e. The van der Waals surface area contributed by atoms with E-state index < -0.39 is 6.04 Å². The van der Waals surface area contributed by atoms with Gasteiger partial charge >= 0.3 is 0 Å². The van der Waals surface area contributed by atoms with E-state index in [1.807, 2.05) is 61.5 Å². The molecule has 3 aromatic rings. The van der Waals surface area contributed by atoms with Crippen LogP contribution in [0.4, 0.5) is 5.69 Å². The lowest BCUT2D eigenvalue weighted by Gasteiger charge is -2.27. The number of rotatable bonds is 8. The molecule has 10 heteroatoms. The number of hydrogen-bond acceptors (Lipinski definition) is 7. The van der Waals surface area contributed by atoms with E-state index in [1.165, 1.54) is 11.8 Å². The van der Waals surface area contributed by atoms with Crippen molar-refractivity contribution in [1.29, 1.82) is 0 Å². The Balaban J connectivity index is 1.72. The number of amides is 1. The summed E-state index contributed by atoms with van der Waals surface area (Å²) in [6.07, 6.45) is 0. The number of benzene rings is 3. The number of para-hydroxylation sites is 1. The molecule has 2 N–H and O–H groups in total. The van der Waals surface area contributed by atoms with Gasteiger partial charge in [0.15, 0.2) is 16.7 Å². The van der Waals surface area contributed by atoms with Crippen molar-refractivity contribution in [3.63, 3.8) is 0 Å². The van der Waals surface area contributed by atoms with Gasteiger partial charge in [0.05, 0.1) is 36.9 Å². The molecule has 4 rings (SSSR count). The Morgan fingerprint density at radius 2 is 1.66 bits per heavy atom. The van der Waals surface area contributed by atoms with Crippen molar-refractivity contribution in [2.24, 2.45) is 4.99 Å². The summed E-state index contributed by atoms with van der Waals surface area (Å²) in [6.45, 7) is 1.86. The zero-order valence-corrected chi connectivity index (χ0v) is 23.6. The maximum atomic E-state index is 13.5. The van der Waals surface area contributed by atoms with Crippen molar-refractivity contribution in [2.45, 2.75) is 18.7 Å². The smallest absolute Gasteiger partial charge is 0.255 e. The van der Waals surface area contributed by atoms with Gasteiger partial charge in [0.25, 0.3) is 5.91 Å². The Labute approximate surface area is 236 Å². The summed E-state index contributed by atoms with van der Waals surface area (Å²) in [7, 11) is 4.65. The van der Waals surface area contributed by atoms with Crippen LogP contribution in [-0.4, -0.2) is 32.4 Å². The van der Waals surface area contributed by atoms with Crippen LogP contribution in [0.25, 0.3) is 0 Å². The highest BCUT2D eigenvalue weighted by Crippen LogP contribution is 2.43. The second kappa shape index (κ2) is 12.5. The van der Waals surface area contributed by atoms with E-state index >= 15 is 0 Å². The minimum Gasteiger partial charge on any atom is -0.493 e. The average Bonchev–Trinajstić information content (AvgIpc) is 2.92. The lowest BCUT2D eigenvalue weighted by molar-refractivity contribution is -0.113. The number of carbonyl (C=O) groups excluding carboxylic acids is 1. The third-order valence-corrected chi connectivity index (χ3v) is 7.55. The van der Waals surface area contributed by atoms with E-state index in [4.69, 9.17) is 42.4 Å². The van der Waals surface area contributed by atoms with Gasteiger partial charge in [-0.15, -0.1) is 0 Å². The SMILES string of the molecule is COc1cc([C@@H]2N=C(SCc3ccc(Cl)c(Cl)c3)NC(C)=C2C(=O)Nc2ccccc2)cc(OC)c1OC. The third-order valence-electron chi connectivity index (χ3n) is 5.86. The molecule has 1 aliphatic heterocycles. The molecule has 38 heavy (non-hydrogen) atoms. The van der Waals surface area contributed by atoms with Gasteiger partial charge in [-0.05, 0) is 54.4 Å². The number of hydrogen-bond donors (Lipinski definition) is 2. The predicted molar refractivity (Wildman–Crippen MR) is 155 cm³/mol. The number of nitrogens with one attached hydrogen (secondary N) is 2. The van der Waals surface area contributed by atoms with Crippen LogP contribution < -0.4 is 24.8 Å². The molecular formula is C28H27Cl2N3O4S. The Bertz CT molecular complexity index is 1370. The maximum absolute atomic E-state index is 13.5. The number of thioether (sulfide) groups is 1. The summed E-state index contributed by atoms with van der Waals surface area (Å²) < 4.78 is 16.6. The van der Waals surface area contributed by atoms with Crippen LogP contribution in [0.3, 0.4) is 0 Å². The maximum Gasteiger partial charge on any atom is 0.255 e. The van der Waals surface area contributed by atoms with E-state index in [-0.39, 0.29) is 5.91 Å². The first-order valence-corrected chi connectivity index (χ1v) is 13.4. The number of nitrogens with zero attached hydrogens (tertiary/aromatic N) is 1. The first-order valence-electron chi connectivity index (χ1n) is 11.6. The summed E-state index contributed by atoms with van der Waals surface area (Å²) in [5, 5.41) is 7.93. The molecular weight excluding hydrogens is 545 g/mol. The fourth-order valence-corrected chi connectivity index (χ4v) is 5.23. The fraction of sp³-hybridized carbons (Fsp3) is 0.214. The highest BCUT2D eigenvalue weighted by Gasteiger charge is 2.31. The number of anilines is 1. The predicted octanol–water partition coefficient (Wildman–Crippen LogP) is 6.87. The van der Waals surface area contributed by atoms with Crippen LogP contribution in [0, 0.1) is 0 Å². The normalized spacial score (nSPS) is 14.9. The Morgan fingerprint density at radius 1 is 0.974 bits per heavy atom. The Morgan fingerprint density at radius 3 is 2.26 bits per heavy atom. The average molecular weight is 573 g/mol. The lowest BCUT2D eigenvalue weighted by Crippen LogP contribution is -2.32. The lowest BCUT2D eigenvalue weighted by atomic mass is 9.95. The molecule has 0 saturated heterocycles. The minimum atomic E-state index is -0.634. The van der Waals surface area contributed by atoms with Crippen LogP contribution >= 0.6 is 35.0 Å². The van der Waals surface area contributed by atoms with Crippen molar-refractivity contribution in [3.05, 3.63) is 93.1 Å². The number of methoxy groups -OCH3 is 3. The number of allylic oxidation sites excluding steroid dienone is 1. The van der Waals surface area contributed by atoms with E-state index in [9.17, 15) is 4.79 Å². The van der Waals surface area contributed by atoms with E-state index in [2.05, 4.69) is 10.6 Å². The summed E-state index contributed by atoms with van der Waals surface area (Å²) in [6, 6.07) is 17.8. The zero-order chi connectivity index (χ0) is 27.2. The van der Waals surface area contributed by atoms with E-state index in [0.717, 1.165) is 5.56 Å². The molecule has 0 radical (unpaired) electrons. The minimum absolute atomic E-state index is 0.266. The molecule has 1 atom stereocenters. The number of amidine groups is 1. The van der Waals surface area contributed by atoms with Gasteiger partial charge < -0.3 is 24.8 Å². The summed E-state index contributed by atoms with van der Waals surface area (Å²) in [5.41, 5.74) is 3.55. The molecule has 198 valence electrons. The van der Waals surface area contributed by atoms with Crippen LogP contribution in [-0.2, 0) is 10.5 Å². The molecule has 1 heterocycles. The van der Waals surface area contributed by atoms with Gasteiger partial charge in [-0.3, -0.25) is 4.79 Å². The molecule has 0 bridgehead atoms.